The highest BCUT2D eigenvalue weighted by molar-refractivity contribution is 7.07. The highest BCUT2D eigenvalue weighted by Gasteiger charge is 1.81. The van der Waals surface area contributed by atoms with E-state index in [0.717, 1.165) is 6.42 Å². The minimum absolute atomic E-state index is 1.12. The lowest BCUT2D eigenvalue weighted by Crippen LogP contribution is -2.16. The summed E-state index contributed by atoms with van der Waals surface area (Å²) in [5.74, 6) is 0. The standard InChI is InChI=1S/C9H12S/c1-3-5-8-6-7-10-9(8)4-2/h4-7H,3H2,1-2H3/b8-5-,9-4+. The van der Waals surface area contributed by atoms with Crippen LogP contribution in [0, 0.1) is 0 Å². The van der Waals surface area contributed by atoms with Crippen molar-refractivity contribution in [3.05, 3.63) is 21.2 Å². The van der Waals surface area contributed by atoms with E-state index in [1.54, 1.807) is 11.3 Å². The molecule has 0 spiro atoms. The van der Waals surface area contributed by atoms with Crippen LogP contribution in [0.25, 0.3) is 12.2 Å². The second kappa shape index (κ2) is 3.57. The van der Waals surface area contributed by atoms with Crippen LogP contribution in [0.2, 0.25) is 0 Å². The van der Waals surface area contributed by atoms with E-state index in [9.17, 15) is 0 Å². The largest absolute Gasteiger partial charge is 0.144 e. The molecule has 0 radical (unpaired) electrons. The summed E-state index contributed by atoms with van der Waals surface area (Å²) in [6, 6.07) is 2.17. The van der Waals surface area contributed by atoms with Gasteiger partial charge < -0.3 is 0 Å². The van der Waals surface area contributed by atoms with Gasteiger partial charge >= 0.3 is 0 Å². The Morgan fingerprint density at radius 3 is 3.00 bits per heavy atom. The van der Waals surface area contributed by atoms with E-state index >= 15 is 0 Å². The van der Waals surface area contributed by atoms with E-state index in [1.807, 2.05) is 0 Å². The Hall–Kier alpha value is -0.560. The second-order valence-electron chi connectivity index (χ2n) is 2.14. The SMILES string of the molecule is C/C=c1/scc/c1=C/CC. The molecule has 0 saturated carbocycles. The van der Waals surface area contributed by atoms with E-state index in [2.05, 4.69) is 37.4 Å². The fourth-order valence-electron chi connectivity index (χ4n) is 0.954. The van der Waals surface area contributed by atoms with Crippen LogP contribution in [0.4, 0.5) is 0 Å². The van der Waals surface area contributed by atoms with Crippen LogP contribution in [-0.4, -0.2) is 0 Å². The van der Waals surface area contributed by atoms with E-state index < -0.39 is 0 Å². The molecule has 0 saturated heterocycles. The van der Waals surface area contributed by atoms with Crippen molar-refractivity contribution in [1.82, 2.24) is 0 Å². The van der Waals surface area contributed by atoms with E-state index in [4.69, 9.17) is 0 Å². The smallest absolute Gasteiger partial charge is 0.0296 e. The van der Waals surface area contributed by atoms with Gasteiger partial charge in [-0.2, -0.15) is 0 Å². The summed E-state index contributed by atoms with van der Waals surface area (Å²) in [6.07, 6.45) is 5.54. The van der Waals surface area contributed by atoms with Gasteiger partial charge in [-0.1, -0.05) is 19.1 Å². The molecule has 1 aromatic rings. The summed E-state index contributed by atoms with van der Waals surface area (Å²) in [4.78, 5) is 0. The number of rotatable bonds is 1. The molecule has 0 atom stereocenters. The van der Waals surface area contributed by atoms with Crippen LogP contribution in [-0.2, 0) is 0 Å². The van der Waals surface area contributed by atoms with E-state index in [1.165, 1.54) is 9.75 Å². The third-order valence-corrected chi connectivity index (χ3v) is 2.41. The molecule has 1 rings (SSSR count). The third kappa shape index (κ3) is 1.48. The molecule has 0 bridgehead atoms. The Morgan fingerprint density at radius 2 is 2.40 bits per heavy atom. The van der Waals surface area contributed by atoms with Crippen LogP contribution in [0.3, 0.4) is 0 Å². The Bertz CT molecular complexity index is 293. The lowest BCUT2D eigenvalue weighted by Gasteiger charge is -1.76. The molecule has 54 valence electrons. The zero-order valence-electron chi connectivity index (χ0n) is 6.42. The van der Waals surface area contributed by atoms with Crippen LogP contribution in [0.15, 0.2) is 11.4 Å². The average molecular weight is 152 g/mol. The van der Waals surface area contributed by atoms with E-state index in [-0.39, 0.29) is 0 Å². The Balaban J connectivity index is 3.28. The van der Waals surface area contributed by atoms with E-state index in [0.29, 0.717) is 0 Å². The van der Waals surface area contributed by atoms with Crippen molar-refractivity contribution in [2.75, 3.05) is 0 Å². The fraction of sp³-hybridized carbons (Fsp3) is 0.333. The van der Waals surface area contributed by atoms with Crippen molar-refractivity contribution >= 4 is 23.5 Å². The van der Waals surface area contributed by atoms with Crippen LogP contribution in [0.5, 0.6) is 0 Å². The van der Waals surface area contributed by atoms with Crippen LogP contribution >= 0.6 is 11.3 Å². The molecule has 1 aromatic heterocycles. The molecule has 0 unspecified atom stereocenters. The lowest BCUT2D eigenvalue weighted by atomic mass is 10.3. The molecule has 0 nitrogen and oxygen atoms in total. The van der Waals surface area contributed by atoms with Crippen molar-refractivity contribution in [2.45, 2.75) is 20.3 Å². The number of thiophene rings is 1. The molecule has 0 aliphatic rings. The predicted octanol–water partition coefficient (Wildman–Crippen LogP) is 1.74. The Labute approximate surface area is 65.5 Å². The first-order chi connectivity index (χ1) is 4.88. The Morgan fingerprint density at radius 1 is 1.60 bits per heavy atom. The van der Waals surface area contributed by atoms with Gasteiger partial charge in [0.05, 0.1) is 0 Å². The maximum absolute atomic E-state index is 2.26. The fourth-order valence-corrected chi connectivity index (χ4v) is 1.74. The monoisotopic (exact) mass is 152 g/mol. The maximum Gasteiger partial charge on any atom is 0.0296 e. The summed E-state index contributed by atoms with van der Waals surface area (Å²) in [6.45, 7) is 4.25. The predicted molar refractivity (Wildman–Crippen MR) is 48.5 cm³/mol. The molecule has 0 aliphatic carbocycles. The number of hydrogen-bond donors (Lipinski definition) is 0. The van der Waals surface area contributed by atoms with Crippen molar-refractivity contribution in [1.29, 1.82) is 0 Å². The van der Waals surface area contributed by atoms with Crippen LogP contribution in [0.1, 0.15) is 20.3 Å². The van der Waals surface area contributed by atoms with Crippen molar-refractivity contribution in [2.24, 2.45) is 0 Å². The molecule has 0 aliphatic heterocycles. The summed E-state index contributed by atoms with van der Waals surface area (Å²) in [5.41, 5.74) is 0. The Kier molecular flexibility index (Phi) is 2.69. The molecule has 0 amide bonds. The first-order valence-electron chi connectivity index (χ1n) is 3.58. The van der Waals surface area contributed by atoms with Gasteiger partial charge in [-0.15, -0.1) is 11.3 Å². The van der Waals surface area contributed by atoms with Gasteiger partial charge in [0.1, 0.15) is 0 Å². The summed E-state index contributed by atoms with van der Waals surface area (Å²) < 4.78 is 1.39. The van der Waals surface area contributed by atoms with Gasteiger partial charge in [-0.3, -0.25) is 0 Å². The molecule has 10 heavy (non-hydrogen) atoms. The lowest BCUT2D eigenvalue weighted by molar-refractivity contribution is 1.29. The molecule has 0 fully saturated rings. The first kappa shape index (κ1) is 7.55. The molecule has 1 heteroatoms. The molecular formula is C9H12S. The number of hydrogen-bond acceptors (Lipinski definition) is 1. The highest BCUT2D eigenvalue weighted by atomic mass is 32.1. The second-order valence-corrected chi connectivity index (χ2v) is 3.09. The van der Waals surface area contributed by atoms with Crippen molar-refractivity contribution < 1.29 is 0 Å². The van der Waals surface area contributed by atoms with Crippen LogP contribution < -0.4 is 9.75 Å². The van der Waals surface area contributed by atoms with Crippen molar-refractivity contribution in [3.8, 4) is 0 Å². The van der Waals surface area contributed by atoms with Crippen molar-refractivity contribution in [3.63, 3.8) is 0 Å². The molecule has 0 aromatic carbocycles. The topological polar surface area (TPSA) is 0 Å². The minimum Gasteiger partial charge on any atom is -0.144 e. The first-order valence-corrected chi connectivity index (χ1v) is 4.46. The normalized spacial score (nSPS) is 14.6. The summed E-state index contributed by atoms with van der Waals surface area (Å²) in [7, 11) is 0. The van der Waals surface area contributed by atoms with Gasteiger partial charge in [0, 0.05) is 4.53 Å². The molecule has 1 heterocycles. The third-order valence-electron chi connectivity index (χ3n) is 1.41. The minimum atomic E-state index is 1.12. The van der Waals surface area contributed by atoms with Gasteiger partial charge in [0.2, 0.25) is 0 Å². The van der Waals surface area contributed by atoms with Gasteiger partial charge in [-0.05, 0) is 30.0 Å². The molecular weight excluding hydrogens is 140 g/mol. The molecule has 0 N–H and O–H groups in total. The quantitative estimate of drug-likeness (QED) is 0.575. The van der Waals surface area contributed by atoms with Gasteiger partial charge in [-0.25, -0.2) is 0 Å². The summed E-state index contributed by atoms with van der Waals surface area (Å²) >= 11 is 1.80. The zero-order valence-corrected chi connectivity index (χ0v) is 7.24. The van der Waals surface area contributed by atoms with Gasteiger partial charge in [0.25, 0.3) is 0 Å². The van der Waals surface area contributed by atoms with Gasteiger partial charge in [0.15, 0.2) is 0 Å². The average Bonchev–Trinajstić information content (AvgIpc) is 2.36. The summed E-state index contributed by atoms with van der Waals surface area (Å²) in [5, 5.41) is 3.52. The zero-order chi connectivity index (χ0) is 7.40. The maximum atomic E-state index is 2.26. The highest BCUT2D eigenvalue weighted by Crippen LogP contribution is 1.82.